The predicted molar refractivity (Wildman–Crippen MR) is 71.1 cm³/mol. The highest BCUT2D eigenvalue weighted by Gasteiger charge is 2.05. The van der Waals surface area contributed by atoms with E-state index in [1.807, 2.05) is 25.1 Å². The lowest BCUT2D eigenvalue weighted by Crippen LogP contribution is -1.96. The van der Waals surface area contributed by atoms with E-state index in [2.05, 4.69) is 32.3 Å². The highest BCUT2D eigenvalue weighted by molar-refractivity contribution is 9.10. The first kappa shape index (κ1) is 11.6. The molecule has 0 amide bonds. The highest BCUT2D eigenvalue weighted by atomic mass is 79.9. The van der Waals surface area contributed by atoms with Crippen molar-refractivity contribution in [2.24, 2.45) is 0 Å². The van der Waals surface area contributed by atoms with E-state index in [1.165, 1.54) is 0 Å². The van der Waals surface area contributed by atoms with Crippen LogP contribution in [0.15, 0.2) is 41.1 Å². The van der Waals surface area contributed by atoms with Crippen molar-refractivity contribution in [3.05, 3.63) is 52.3 Å². The molecule has 1 aromatic heterocycles. The minimum atomic E-state index is 0.577. The van der Waals surface area contributed by atoms with Crippen LogP contribution in [0.4, 0.5) is 11.4 Å². The smallest absolute Gasteiger partial charge is 0.101 e. The fraction of sp³-hybridized carbons (Fsp3) is 0.0769. The van der Waals surface area contributed by atoms with E-state index in [4.69, 9.17) is 5.26 Å². The maximum absolute atomic E-state index is 8.99. The number of nitrogens with one attached hydrogen (secondary N) is 1. The number of hydrogen-bond donors (Lipinski definition) is 1. The molecule has 17 heavy (non-hydrogen) atoms. The van der Waals surface area contributed by atoms with Gasteiger partial charge in [0.05, 0.1) is 23.1 Å². The Bertz CT molecular complexity index is 587. The van der Waals surface area contributed by atoms with Crippen molar-refractivity contribution in [3.8, 4) is 6.07 Å². The summed E-state index contributed by atoms with van der Waals surface area (Å²) in [7, 11) is 0. The number of pyridine rings is 1. The van der Waals surface area contributed by atoms with Gasteiger partial charge in [0.2, 0.25) is 0 Å². The van der Waals surface area contributed by atoms with Gasteiger partial charge >= 0.3 is 0 Å². The fourth-order valence-corrected chi connectivity index (χ4v) is 1.84. The molecule has 0 bridgehead atoms. The van der Waals surface area contributed by atoms with E-state index in [9.17, 15) is 0 Å². The molecular weight excluding hydrogens is 278 g/mol. The van der Waals surface area contributed by atoms with Crippen LogP contribution in [-0.4, -0.2) is 4.98 Å². The Kier molecular flexibility index (Phi) is 3.40. The Balaban J connectivity index is 2.39. The van der Waals surface area contributed by atoms with Crippen LogP contribution in [0.3, 0.4) is 0 Å². The van der Waals surface area contributed by atoms with E-state index in [-0.39, 0.29) is 0 Å². The fourth-order valence-electron chi connectivity index (χ4n) is 1.48. The summed E-state index contributed by atoms with van der Waals surface area (Å²) in [6.07, 6.45) is 3.25. The van der Waals surface area contributed by atoms with Crippen molar-refractivity contribution in [2.75, 3.05) is 5.32 Å². The lowest BCUT2D eigenvalue weighted by molar-refractivity contribution is 1.30. The van der Waals surface area contributed by atoms with Crippen LogP contribution in [0.2, 0.25) is 0 Å². The second kappa shape index (κ2) is 4.98. The van der Waals surface area contributed by atoms with Gasteiger partial charge in [-0.1, -0.05) is 12.1 Å². The zero-order valence-corrected chi connectivity index (χ0v) is 10.8. The van der Waals surface area contributed by atoms with Crippen molar-refractivity contribution < 1.29 is 0 Å². The molecule has 2 rings (SSSR count). The molecule has 1 N–H and O–H groups in total. The topological polar surface area (TPSA) is 48.7 Å². The Morgan fingerprint density at radius 2 is 2.12 bits per heavy atom. The third-order valence-electron chi connectivity index (χ3n) is 2.40. The van der Waals surface area contributed by atoms with Gasteiger partial charge < -0.3 is 5.32 Å². The normalized spacial score (nSPS) is 9.71. The molecule has 0 aliphatic heterocycles. The van der Waals surface area contributed by atoms with Crippen LogP contribution >= 0.6 is 15.9 Å². The highest BCUT2D eigenvalue weighted by Crippen LogP contribution is 2.29. The summed E-state index contributed by atoms with van der Waals surface area (Å²) >= 11 is 3.52. The molecule has 1 heterocycles. The third-order valence-corrected chi connectivity index (χ3v) is 3.46. The Labute approximate surface area is 108 Å². The number of nitrogens with zero attached hydrogens (tertiary/aromatic N) is 2. The zero-order valence-electron chi connectivity index (χ0n) is 9.24. The van der Waals surface area contributed by atoms with Gasteiger partial charge in [-0.25, -0.2) is 0 Å². The van der Waals surface area contributed by atoms with E-state index in [1.54, 1.807) is 18.5 Å². The van der Waals surface area contributed by atoms with E-state index in [0.29, 0.717) is 11.3 Å². The quantitative estimate of drug-likeness (QED) is 0.915. The maximum Gasteiger partial charge on any atom is 0.101 e. The summed E-state index contributed by atoms with van der Waals surface area (Å²) in [5, 5.41) is 12.2. The number of aryl methyl sites for hydroxylation is 1. The number of anilines is 2. The van der Waals surface area contributed by atoms with E-state index in [0.717, 1.165) is 15.7 Å². The second-order valence-electron chi connectivity index (χ2n) is 3.59. The van der Waals surface area contributed by atoms with Crippen LogP contribution in [0.1, 0.15) is 11.1 Å². The van der Waals surface area contributed by atoms with Crippen LogP contribution in [0, 0.1) is 18.3 Å². The SMILES string of the molecule is Cc1cccc(Nc2cnccc2C#N)c1Br. The monoisotopic (exact) mass is 287 g/mol. The molecule has 4 heteroatoms. The molecule has 1 aromatic carbocycles. The van der Waals surface area contributed by atoms with Crippen LogP contribution in [0.25, 0.3) is 0 Å². The molecule has 0 aliphatic carbocycles. The number of hydrogen-bond acceptors (Lipinski definition) is 3. The van der Waals surface area contributed by atoms with Gasteiger partial charge in [-0.05, 0) is 40.5 Å². The van der Waals surface area contributed by atoms with Crippen molar-refractivity contribution in [2.45, 2.75) is 6.92 Å². The summed E-state index contributed by atoms with van der Waals surface area (Å²) in [6.45, 7) is 2.02. The molecule has 0 radical (unpaired) electrons. The minimum absolute atomic E-state index is 0.577. The standard InChI is InChI=1S/C13H10BrN3/c1-9-3-2-4-11(13(9)14)17-12-8-16-6-5-10(12)7-15/h2-6,8,17H,1H3. The van der Waals surface area contributed by atoms with Gasteiger partial charge in [0, 0.05) is 10.7 Å². The number of nitriles is 1. The molecule has 0 spiro atoms. The molecule has 0 fully saturated rings. The first-order valence-electron chi connectivity index (χ1n) is 5.08. The van der Waals surface area contributed by atoms with Crippen molar-refractivity contribution >= 4 is 27.3 Å². The minimum Gasteiger partial charge on any atom is -0.352 e. The summed E-state index contributed by atoms with van der Waals surface area (Å²) in [5.41, 5.74) is 3.35. The van der Waals surface area contributed by atoms with E-state index >= 15 is 0 Å². The molecule has 3 nitrogen and oxygen atoms in total. The van der Waals surface area contributed by atoms with Crippen molar-refractivity contribution in [1.82, 2.24) is 4.98 Å². The largest absolute Gasteiger partial charge is 0.352 e. The van der Waals surface area contributed by atoms with Crippen molar-refractivity contribution in [1.29, 1.82) is 5.26 Å². The predicted octanol–water partition coefficient (Wildman–Crippen LogP) is 3.77. The molecule has 0 atom stereocenters. The summed E-state index contributed by atoms with van der Waals surface area (Å²) in [6, 6.07) is 9.75. The van der Waals surface area contributed by atoms with Crippen LogP contribution < -0.4 is 5.32 Å². The lowest BCUT2D eigenvalue weighted by atomic mass is 10.2. The number of benzene rings is 1. The van der Waals surface area contributed by atoms with Gasteiger partial charge in [0.15, 0.2) is 0 Å². The first-order chi connectivity index (χ1) is 8.22. The molecule has 0 aliphatic rings. The van der Waals surface area contributed by atoms with Gasteiger partial charge in [-0.3, -0.25) is 4.98 Å². The van der Waals surface area contributed by atoms with Gasteiger partial charge in [-0.2, -0.15) is 5.26 Å². The van der Waals surface area contributed by atoms with Gasteiger partial charge in [0.1, 0.15) is 6.07 Å². The number of halogens is 1. The summed E-state index contributed by atoms with van der Waals surface area (Å²) < 4.78 is 0.993. The Morgan fingerprint density at radius 1 is 1.29 bits per heavy atom. The Hall–Kier alpha value is -1.86. The number of rotatable bonds is 2. The summed E-state index contributed by atoms with van der Waals surface area (Å²) in [4.78, 5) is 4.01. The van der Waals surface area contributed by atoms with Gasteiger partial charge in [0.25, 0.3) is 0 Å². The maximum atomic E-state index is 8.99. The van der Waals surface area contributed by atoms with Crippen LogP contribution in [0.5, 0.6) is 0 Å². The molecule has 0 unspecified atom stereocenters. The first-order valence-corrected chi connectivity index (χ1v) is 5.88. The molecular formula is C13H10BrN3. The summed E-state index contributed by atoms with van der Waals surface area (Å²) in [5.74, 6) is 0. The zero-order chi connectivity index (χ0) is 12.3. The third kappa shape index (κ3) is 2.45. The average Bonchev–Trinajstić information content (AvgIpc) is 2.35. The average molecular weight is 288 g/mol. The molecule has 2 aromatic rings. The molecule has 84 valence electrons. The second-order valence-corrected chi connectivity index (χ2v) is 4.39. The number of aromatic nitrogens is 1. The van der Waals surface area contributed by atoms with Crippen molar-refractivity contribution in [3.63, 3.8) is 0 Å². The van der Waals surface area contributed by atoms with E-state index < -0.39 is 0 Å². The van der Waals surface area contributed by atoms with Crippen LogP contribution in [-0.2, 0) is 0 Å². The lowest BCUT2D eigenvalue weighted by Gasteiger charge is -2.10. The molecule has 0 saturated carbocycles. The molecule has 0 saturated heterocycles. The Morgan fingerprint density at radius 3 is 2.88 bits per heavy atom. The van der Waals surface area contributed by atoms with Gasteiger partial charge in [-0.15, -0.1) is 0 Å².